The zero-order chi connectivity index (χ0) is 18.0. The summed E-state index contributed by atoms with van der Waals surface area (Å²) in [6, 6.07) is 10.5. The Morgan fingerprint density at radius 1 is 1.20 bits per heavy atom. The Bertz CT molecular complexity index is 942. The van der Waals surface area contributed by atoms with Crippen molar-refractivity contribution in [1.29, 1.82) is 0 Å². The van der Waals surface area contributed by atoms with E-state index >= 15 is 0 Å². The number of carbonyl (C=O) groups excluding carboxylic acids is 1. The van der Waals surface area contributed by atoms with Crippen LogP contribution >= 0.6 is 0 Å². The van der Waals surface area contributed by atoms with Crippen LogP contribution in [0.1, 0.15) is 41.4 Å². The van der Waals surface area contributed by atoms with Crippen LogP contribution in [0, 0.1) is 10.1 Å². The van der Waals surface area contributed by atoms with Gasteiger partial charge in [-0.05, 0) is 43.2 Å². The second-order valence-corrected chi connectivity index (χ2v) is 5.95. The number of aryl methyl sites for hydroxylation is 1. The number of unbranched alkanes of at least 4 members (excludes halogenated alkanes) is 1. The first kappa shape index (κ1) is 16.7. The lowest BCUT2D eigenvalue weighted by Crippen LogP contribution is -2.04. The zero-order valence-electron chi connectivity index (χ0n) is 13.8. The predicted molar refractivity (Wildman–Crippen MR) is 95.1 cm³/mol. The summed E-state index contributed by atoms with van der Waals surface area (Å²) in [6.07, 6.45) is 2.57. The number of phenols is 1. The Morgan fingerprint density at radius 3 is 2.56 bits per heavy atom. The lowest BCUT2D eigenvalue weighted by atomic mass is 9.98. The third-order valence-electron chi connectivity index (χ3n) is 4.21. The molecule has 1 heterocycles. The lowest BCUT2D eigenvalue weighted by Gasteiger charge is -2.05. The molecule has 6 nitrogen and oxygen atoms in total. The van der Waals surface area contributed by atoms with Crippen LogP contribution in [0.3, 0.4) is 0 Å². The van der Waals surface area contributed by atoms with Crippen LogP contribution in [0.15, 0.2) is 42.5 Å². The van der Waals surface area contributed by atoms with E-state index in [2.05, 4.69) is 11.9 Å². The summed E-state index contributed by atoms with van der Waals surface area (Å²) in [4.78, 5) is 26.9. The molecule has 0 saturated carbocycles. The Morgan fingerprint density at radius 2 is 1.92 bits per heavy atom. The summed E-state index contributed by atoms with van der Waals surface area (Å²) < 4.78 is 0. The van der Waals surface area contributed by atoms with E-state index in [1.165, 1.54) is 24.3 Å². The number of benzene rings is 2. The summed E-state index contributed by atoms with van der Waals surface area (Å²) in [5.74, 6) is -0.129. The number of hydrogen-bond acceptors (Lipinski definition) is 4. The van der Waals surface area contributed by atoms with Gasteiger partial charge in [0.25, 0.3) is 5.69 Å². The smallest absolute Gasteiger partial charge is 0.270 e. The van der Waals surface area contributed by atoms with Gasteiger partial charge in [0.15, 0.2) is 5.78 Å². The maximum atomic E-state index is 13.0. The van der Waals surface area contributed by atoms with Crippen molar-refractivity contribution in [2.45, 2.75) is 26.2 Å². The average Bonchev–Trinajstić information content (AvgIpc) is 2.97. The van der Waals surface area contributed by atoms with Gasteiger partial charge >= 0.3 is 0 Å². The fraction of sp³-hybridized carbons (Fsp3) is 0.211. The highest BCUT2D eigenvalue weighted by Gasteiger charge is 2.21. The van der Waals surface area contributed by atoms with Gasteiger partial charge in [0, 0.05) is 34.3 Å². The number of fused-ring (bicyclic) bond motifs is 1. The van der Waals surface area contributed by atoms with Gasteiger partial charge in [-0.1, -0.05) is 13.3 Å². The first-order valence-electron chi connectivity index (χ1n) is 8.14. The number of hydrogen-bond donors (Lipinski definition) is 2. The number of ketones is 1. The molecule has 25 heavy (non-hydrogen) atoms. The van der Waals surface area contributed by atoms with Crippen molar-refractivity contribution in [3.05, 3.63) is 69.4 Å². The third kappa shape index (κ3) is 3.24. The fourth-order valence-corrected chi connectivity index (χ4v) is 2.91. The summed E-state index contributed by atoms with van der Waals surface area (Å²) in [5, 5.41) is 21.1. The van der Waals surface area contributed by atoms with Gasteiger partial charge in [-0.2, -0.15) is 0 Å². The SMILES string of the molecule is CCCCc1[nH]c2ccc([N+](=O)[O-])cc2c1C(=O)c1ccc(O)cc1. The van der Waals surface area contributed by atoms with E-state index < -0.39 is 4.92 Å². The maximum absolute atomic E-state index is 13.0. The van der Waals surface area contributed by atoms with Gasteiger partial charge in [-0.15, -0.1) is 0 Å². The van der Waals surface area contributed by atoms with Crippen LogP contribution in [0.4, 0.5) is 5.69 Å². The highest BCUT2D eigenvalue weighted by molar-refractivity contribution is 6.17. The van der Waals surface area contributed by atoms with Crippen LogP contribution in [0.5, 0.6) is 5.75 Å². The first-order chi connectivity index (χ1) is 12.0. The lowest BCUT2D eigenvalue weighted by molar-refractivity contribution is -0.384. The van der Waals surface area contributed by atoms with Crippen LogP contribution in [0.25, 0.3) is 10.9 Å². The number of carbonyl (C=O) groups is 1. The van der Waals surface area contributed by atoms with Crippen molar-refractivity contribution >= 4 is 22.4 Å². The highest BCUT2D eigenvalue weighted by atomic mass is 16.6. The number of aromatic amines is 1. The molecular weight excluding hydrogens is 320 g/mol. The first-order valence-corrected chi connectivity index (χ1v) is 8.14. The topological polar surface area (TPSA) is 96.2 Å². The molecule has 0 atom stereocenters. The Balaban J connectivity index is 2.17. The van der Waals surface area contributed by atoms with E-state index in [-0.39, 0.29) is 17.2 Å². The molecule has 0 aliphatic rings. The Labute approximate surface area is 144 Å². The monoisotopic (exact) mass is 338 g/mol. The van der Waals surface area contributed by atoms with Crippen molar-refractivity contribution in [3.63, 3.8) is 0 Å². The highest BCUT2D eigenvalue weighted by Crippen LogP contribution is 2.30. The molecule has 2 aromatic carbocycles. The summed E-state index contributed by atoms with van der Waals surface area (Å²) in [7, 11) is 0. The number of aromatic hydroxyl groups is 1. The van der Waals surface area contributed by atoms with Crippen LogP contribution in [0.2, 0.25) is 0 Å². The molecule has 2 N–H and O–H groups in total. The van der Waals surface area contributed by atoms with Crippen molar-refractivity contribution < 1.29 is 14.8 Å². The minimum Gasteiger partial charge on any atom is -0.508 e. The molecule has 0 fully saturated rings. The normalized spacial score (nSPS) is 10.9. The van der Waals surface area contributed by atoms with Crippen LogP contribution < -0.4 is 0 Å². The van der Waals surface area contributed by atoms with Gasteiger partial charge in [-0.3, -0.25) is 14.9 Å². The molecule has 0 radical (unpaired) electrons. The van der Waals surface area contributed by atoms with Gasteiger partial charge in [-0.25, -0.2) is 0 Å². The Kier molecular flexibility index (Phi) is 4.52. The number of aromatic nitrogens is 1. The quantitative estimate of drug-likeness (QED) is 0.396. The number of phenolic OH excluding ortho intramolecular Hbond substituents is 1. The second kappa shape index (κ2) is 6.76. The van der Waals surface area contributed by atoms with Crippen molar-refractivity contribution in [2.24, 2.45) is 0 Å². The minimum atomic E-state index is -0.465. The van der Waals surface area contributed by atoms with E-state index in [0.717, 1.165) is 18.5 Å². The summed E-state index contributed by atoms with van der Waals surface area (Å²) in [5.41, 5.74) is 2.35. The van der Waals surface area contributed by atoms with E-state index in [1.807, 2.05) is 0 Å². The number of rotatable bonds is 6. The predicted octanol–water partition coefficient (Wildman–Crippen LogP) is 4.36. The van der Waals surface area contributed by atoms with Gasteiger partial charge in [0.2, 0.25) is 0 Å². The molecule has 0 aliphatic carbocycles. The number of nitro benzene ring substituents is 1. The van der Waals surface area contributed by atoms with Gasteiger partial charge < -0.3 is 10.1 Å². The van der Waals surface area contributed by atoms with E-state index in [9.17, 15) is 20.0 Å². The summed E-state index contributed by atoms with van der Waals surface area (Å²) in [6.45, 7) is 2.06. The molecule has 0 spiro atoms. The molecular formula is C19H18N2O4. The van der Waals surface area contributed by atoms with Gasteiger partial charge in [0.1, 0.15) is 5.75 Å². The van der Waals surface area contributed by atoms with E-state index in [1.54, 1.807) is 18.2 Å². The van der Waals surface area contributed by atoms with Crippen molar-refractivity contribution in [2.75, 3.05) is 0 Å². The molecule has 128 valence electrons. The number of nitrogens with one attached hydrogen (secondary N) is 1. The maximum Gasteiger partial charge on any atom is 0.270 e. The molecule has 6 heteroatoms. The largest absolute Gasteiger partial charge is 0.508 e. The van der Waals surface area contributed by atoms with E-state index in [4.69, 9.17) is 0 Å². The summed E-state index contributed by atoms with van der Waals surface area (Å²) >= 11 is 0. The molecule has 0 bridgehead atoms. The molecule has 0 unspecified atom stereocenters. The van der Waals surface area contributed by atoms with Gasteiger partial charge in [0.05, 0.1) is 10.5 Å². The molecule has 0 amide bonds. The zero-order valence-corrected chi connectivity index (χ0v) is 13.8. The number of H-pyrrole nitrogens is 1. The average molecular weight is 338 g/mol. The molecule has 3 aromatic rings. The third-order valence-corrected chi connectivity index (χ3v) is 4.21. The fourth-order valence-electron chi connectivity index (χ4n) is 2.91. The standard InChI is InChI=1S/C19H18N2O4/c1-2-3-4-17-18(19(23)12-5-8-14(22)9-6-12)15-11-13(21(24)25)7-10-16(15)20-17/h5-11,20,22H,2-4H2,1H3. The van der Waals surface area contributed by atoms with E-state index in [0.29, 0.717) is 28.5 Å². The molecule has 0 aliphatic heterocycles. The van der Waals surface area contributed by atoms with Crippen LogP contribution in [-0.2, 0) is 6.42 Å². The molecule has 3 rings (SSSR count). The molecule has 0 saturated heterocycles. The van der Waals surface area contributed by atoms with Crippen LogP contribution in [-0.4, -0.2) is 20.8 Å². The van der Waals surface area contributed by atoms with Crippen molar-refractivity contribution in [1.82, 2.24) is 4.98 Å². The second-order valence-electron chi connectivity index (χ2n) is 5.95. The minimum absolute atomic E-state index is 0.0479. The number of nitrogens with zero attached hydrogens (tertiary/aromatic N) is 1. The number of nitro groups is 1. The Hall–Kier alpha value is -3.15. The van der Waals surface area contributed by atoms with Crippen molar-refractivity contribution in [3.8, 4) is 5.75 Å². The molecule has 1 aromatic heterocycles. The number of non-ortho nitro benzene ring substituents is 1.